The van der Waals surface area contributed by atoms with Gasteiger partial charge in [-0.25, -0.2) is 0 Å². The number of hydrogen-bond donors (Lipinski definition) is 2. The van der Waals surface area contributed by atoms with E-state index in [2.05, 4.69) is 10.4 Å². The molecule has 0 spiro atoms. The topological polar surface area (TPSA) is 72.9 Å². The number of carbonyl (C=O) groups is 1. The van der Waals surface area contributed by atoms with Gasteiger partial charge in [-0.2, -0.15) is 5.10 Å². The fraction of sp³-hybridized carbons (Fsp3) is 0.0909. The lowest BCUT2D eigenvalue weighted by molar-refractivity contribution is 0.101. The van der Waals surface area contributed by atoms with E-state index in [0.717, 1.165) is 0 Å². The van der Waals surface area contributed by atoms with Gasteiger partial charge in [-0.3, -0.25) is 9.48 Å². The molecule has 0 saturated heterocycles. The van der Waals surface area contributed by atoms with Gasteiger partial charge in [0, 0.05) is 24.6 Å². The molecule has 0 aliphatic rings. The SMILES string of the molecule is Cn1nccc1C(=O)Nc1ccc(N)cc1. The van der Waals surface area contributed by atoms with E-state index >= 15 is 0 Å². The van der Waals surface area contributed by atoms with Crippen molar-refractivity contribution in [3.8, 4) is 0 Å². The van der Waals surface area contributed by atoms with Gasteiger partial charge in [0.15, 0.2) is 0 Å². The molecule has 0 unspecified atom stereocenters. The molecule has 0 radical (unpaired) electrons. The molecule has 0 aliphatic heterocycles. The second kappa shape index (κ2) is 4.06. The van der Waals surface area contributed by atoms with E-state index in [4.69, 9.17) is 5.73 Å². The Morgan fingerprint density at radius 3 is 2.56 bits per heavy atom. The van der Waals surface area contributed by atoms with Gasteiger partial charge < -0.3 is 11.1 Å². The minimum atomic E-state index is -0.190. The number of rotatable bonds is 2. The Morgan fingerprint density at radius 1 is 1.31 bits per heavy atom. The van der Waals surface area contributed by atoms with E-state index in [1.54, 1.807) is 43.6 Å². The van der Waals surface area contributed by atoms with Gasteiger partial charge in [-0.1, -0.05) is 0 Å². The normalized spacial score (nSPS) is 10.1. The number of amides is 1. The minimum absolute atomic E-state index is 0.190. The summed E-state index contributed by atoms with van der Waals surface area (Å²) in [5.74, 6) is -0.190. The zero-order valence-corrected chi connectivity index (χ0v) is 8.84. The van der Waals surface area contributed by atoms with E-state index in [0.29, 0.717) is 17.1 Å². The third-order valence-corrected chi connectivity index (χ3v) is 2.22. The van der Waals surface area contributed by atoms with Crippen LogP contribution in [0.3, 0.4) is 0 Å². The highest BCUT2D eigenvalue weighted by Crippen LogP contribution is 2.11. The summed E-state index contributed by atoms with van der Waals surface area (Å²) in [6.07, 6.45) is 1.58. The quantitative estimate of drug-likeness (QED) is 0.742. The van der Waals surface area contributed by atoms with Crippen LogP contribution in [-0.4, -0.2) is 15.7 Å². The fourth-order valence-electron chi connectivity index (χ4n) is 1.36. The molecule has 5 nitrogen and oxygen atoms in total. The maximum Gasteiger partial charge on any atom is 0.273 e. The molecule has 0 saturated carbocycles. The molecule has 2 rings (SSSR count). The van der Waals surface area contributed by atoms with Crippen molar-refractivity contribution >= 4 is 17.3 Å². The average Bonchev–Trinajstić information content (AvgIpc) is 2.68. The van der Waals surface area contributed by atoms with Crippen LogP contribution in [-0.2, 0) is 7.05 Å². The smallest absolute Gasteiger partial charge is 0.273 e. The predicted molar refractivity (Wildman–Crippen MR) is 62.0 cm³/mol. The van der Waals surface area contributed by atoms with Crippen molar-refractivity contribution in [3.63, 3.8) is 0 Å². The number of nitrogen functional groups attached to an aromatic ring is 1. The van der Waals surface area contributed by atoms with Crippen LogP contribution in [0.25, 0.3) is 0 Å². The van der Waals surface area contributed by atoms with E-state index < -0.39 is 0 Å². The number of aryl methyl sites for hydroxylation is 1. The largest absolute Gasteiger partial charge is 0.399 e. The Balaban J connectivity index is 2.14. The number of hydrogen-bond acceptors (Lipinski definition) is 3. The molecule has 0 bridgehead atoms. The van der Waals surface area contributed by atoms with Gasteiger partial charge in [0.2, 0.25) is 0 Å². The van der Waals surface area contributed by atoms with Crippen molar-refractivity contribution < 1.29 is 4.79 Å². The van der Waals surface area contributed by atoms with E-state index in [1.807, 2.05) is 0 Å². The maximum absolute atomic E-state index is 11.8. The Labute approximate surface area is 92.9 Å². The molecule has 1 aromatic heterocycles. The van der Waals surface area contributed by atoms with Crippen molar-refractivity contribution in [1.29, 1.82) is 0 Å². The first-order valence-corrected chi connectivity index (χ1v) is 4.82. The third kappa shape index (κ3) is 2.03. The van der Waals surface area contributed by atoms with Crippen molar-refractivity contribution in [2.45, 2.75) is 0 Å². The van der Waals surface area contributed by atoms with Crippen LogP contribution >= 0.6 is 0 Å². The lowest BCUT2D eigenvalue weighted by Crippen LogP contribution is -2.15. The Bertz CT molecular complexity index is 501. The van der Waals surface area contributed by atoms with Crippen LogP contribution in [0.4, 0.5) is 11.4 Å². The van der Waals surface area contributed by atoms with Gasteiger partial charge in [0.25, 0.3) is 5.91 Å². The maximum atomic E-state index is 11.8. The van der Waals surface area contributed by atoms with Crippen molar-refractivity contribution in [3.05, 3.63) is 42.2 Å². The summed E-state index contributed by atoms with van der Waals surface area (Å²) in [5.41, 5.74) is 7.43. The summed E-state index contributed by atoms with van der Waals surface area (Å²) in [6.45, 7) is 0. The first kappa shape index (κ1) is 10.2. The Morgan fingerprint density at radius 2 is 2.00 bits per heavy atom. The summed E-state index contributed by atoms with van der Waals surface area (Å²) >= 11 is 0. The molecule has 0 atom stereocenters. The minimum Gasteiger partial charge on any atom is -0.399 e. The summed E-state index contributed by atoms with van der Waals surface area (Å²) < 4.78 is 1.52. The molecule has 0 fully saturated rings. The second-order valence-corrected chi connectivity index (χ2v) is 3.42. The average molecular weight is 216 g/mol. The van der Waals surface area contributed by atoms with Crippen LogP contribution in [0.2, 0.25) is 0 Å². The fourth-order valence-corrected chi connectivity index (χ4v) is 1.36. The third-order valence-electron chi connectivity index (χ3n) is 2.22. The molecule has 1 aromatic carbocycles. The van der Waals surface area contributed by atoms with Crippen LogP contribution in [0.15, 0.2) is 36.5 Å². The molecule has 1 heterocycles. The van der Waals surface area contributed by atoms with Gasteiger partial charge in [0.05, 0.1) is 0 Å². The molecule has 0 aliphatic carbocycles. The zero-order chi connectivity index (χ0) is 11.5. The predicted octanol–water partition coefficient (Wildman–Crippen LogP) is 1.25. The van der Waals surface area contributed by atoms with Crippen molar-refractivity contribution in [1.82, 2.24) is 9.78 Å². The number of carbonyl (C=O) groups excluding carboxylic acids is 1. The molecule has 3 N–H and O–H groups in total. The first-order chi connectivity index (χ1) is 7.66. The number of nitrogens with one attached hydrogen (secondary N) is 1. The number of nitrogens with two attached hydrogens (primary N) is 1. The number of benzene rings is 1. The highest BCUT2D eigenvalue weighted by Gasteiger charge is 2.09. The lowest BCUT2D eigenvalue weighted by Gasteiger charge is -2.05. The standard InChI is InChI=1S/C11H12N4O/c1-15-10(6-7-13-15)11(16)14-9-4-2-8(12)3-5-9/h2-7H,12H2,1H3,(H,14,16). The lowest BCUT2D eigenvalue weighted by atomic mass is 10.3. The van der Waals surface area contributed by atoms with Crippen molar-refractivity contribution in [2.24, 2.45) is 7.05 Å². The van der Waals surface area contributed by atoms with E-state index in [-0.39, 0.29) is 5.91 Å². The summed E-state index contributed by atoms with van der Waals surface area (Å²) in [7, 11) is 1.72. The van der Waals surface area contributed by atoms with Gasteiger partial charge in [0.1, 0.15) is 5.69 Å². The van der Waals surface area contributed by atoms with E-state index in [1.165, 1.54) is 4.68 Å². The molecule has 2 aromatic rings. The Kier molecular flexibility index (Phi) is 2.59. The monoisotopic (exact) mass is 216 g/mol. The Hall–Kier alpha value is -2.30. The zero-order valence-electron chi connectivity index (χ0n) is 8.84. The van der Waals surface area contributed by atoms with Crippen LogP contribution in [0, 0.1) is 0 Å². The summed E-state index contributed by atoms with van der Waals surface area (Å²) in [5, 5.41) is 6.69. The van der Waals surface area contributed by atoms with Crippen molar-refractivity contribution in [2.75, 3.05) is 11.1 Å². The van der Waals surface area contributed by atoms with Gasteiger partial charge in [-0.15, -0.1) is 0 Å². The van der Waals surface area contributed by atoms with Gasteiger partial charge >= 0.3 is 0 Å². The van der Waals surface area contributed by atoms with Crippen LogP contribution in [0.1, 0.15) is 10.5 Å². The number of anilines is 2. The van der Waals surface area contributed by atoms with Crippen LogP contribution < -0.4 is 11.1 Å². The molecule has 16 heavy (non-hydrogen) atoms. The molecule has 82 valence electrons. The molecular weight excluding hydrogens is 204 g/mol. The number of nitrogens with zero attached hydrogens (tertiary/aromatic N) is 2. The molecular formula is C11H12N4O. The summed E-state index contributed by atoms with van der Waals surface area (Å²) in [6, 6.07) is 8.64. The molecule has 1 amide bonds. The summed E-state index contributed by atoms with van der Waals surface area (Å²) in [4.78, 5) is 11.8. The first-order valence-electron chi connectivity index (χ1n) is 4.82. The van der Waals surface area contributed by atoms with Crippen LogP contribution in [0.5, 0.6) is 0 Å². The highest BCUT2D eigenvalue weighted by atomic mass is 16.2. The second-order valence-electron chi connectivity index (χ2n) is 3.42. The van der Waals surface area contributed by atoms with Gasteiger partial charge in [-0.05, 0) is 30.3 Å². The highest BCUT2D eigenvalue weighted by molar-refractivity contribution is 6.03. The molecule has 5 heteroatoms. The van der Waals surface area contributed by atoms with E-state index in [9.17, 15) is 4.79 Å². The number of aromatic nitrogens is 2.